The van der Waals surface area contributed by atoms with Gasteiger partial charge in [-0.1, -0.05) is 56.2 Å². The Bertz CT molecular complexity index is 1220. The first-order chi connectivity index (χ1) is 15.8. The normalized spacial score (nSPS) is 13.3. The monoisotopic (exact) mass is 472 g/mol. The number of rotatable bonds is 9. The summed E-state index contributed by atoms with van der Waals surface area (Å²) in [4.78, 5) is 24.9. The molecule has 0 saturated carbocycles. The van der Waals surface area contributed by atoms with Gasteiger partial charge in [0.15, 0.2) is 0 Å². The van der Waals surface area contributed by atoms with Crippen LogP contribution in [0.25, 0.3) is 10.9 Å². The van der Waals surface area contributed by atoms with E-state index in [1.54, 1.807) is 36.5 Å². The number of carbonyl (C=O) groups is 2. The molecule has 0 aliphatic carbocycles. The highest BCUT2D eigenvalue weighted by atomic mass is 32.2. The first-order valence-electron chi connectivity index (χ1n) is 10.7. The standard InChI is InChI=1S/C24H28N2O6S/c1-4-5-13-19(22(23(27)31-2)25-24(28)32-3)20-16-26(21-15-10-9-14-18(20)21)33(29,30)17-11-7-6-8-12-17/h6-12,14-16,19,22H,4-5,13H2,1-3H3,(H,25,28)/t19-,22-/m0/s1. The van der Waals surface area contributed by atoms with E-state index in [-0.39, 0.29) is 4.90 Å². The molecule has 3 aromatic rings. The topological polar surface area (TPSA) is 104 Å². The van der Waals surface area contributed by atoms with Crippen molar-refractivity contribution in [1.29, 1.82) is 0 Å². The lowest BCUT2D eigenvalue weighted by molar-refractivity contribution is -0.143. The quantitative estimate of drug-likeness (QED) is 0.471. The summed E-state index contributed by atoms with van der Waals surface area (Å²) in [6.07, 6.45) is 2.91. The molecule has 176 valence electrons. The van der Waals surface area contributed by atoms with Gasteiger partial charge in [-0.15, -0.1) is 0 Å². The number of hydrogen-bond donors (Lipinski definition) is 1. The Balaban J connectivity index is 2.22. The van der Waals surface area contributed by atoms with E-state index in [4.69, 9.17) is 9.47 Å². The van der Waals surface area contributed by atoms with Crippen molar-refractivity contribution in [2.45, 2.75) is 43.0 Å². The van der Waals surface area contributed by atoms with E-state index in [0.29, 0.717) is 22.9 Å². The second-order valence-electron chi connectivity index (χ2n) is 7.60. The van der Waals surface area contributed by atoms with Crippen LogP contribution in [0.1, 0.15) is 37.7 Å². The van der Waals surface area contributed by atoms with Crippen molar-refractivity contribution in [3.63, 3.8) is 0 Å². The predicted octanol–water partition coefficient (Wildman–Crippen LogP) is 4.05. The van der Waals surface area contributed by atoms with Crippen molar-refractivity contribution >= 4 is 33.0 Å². The van der Waals surface area contributed by atoms with Crippen LogP contribution in [0.3, 0.4) is 0 Å². The lowest BCUT2D eigenvalue weighted by Crippen LogP contribution is -2.45. The minimum atomic E-state index is -3.89. The van der Waals surface area contributed by atoms with Gasteiger partial charge in [0.05, 0.1) is 24.6 Å². The molecule has 1 aromatic heterocycles. The minimum Gasteiger partial charge on any atom is -0.467 e. The predicted molar refractivity (Wildman–Crippen MR) is 125 cm³/mol. The summed E-state index contributed by atoms with van der Waals surface area (Å²) in [6, 6.07) is 14.2. The molecule has 0 radical (unpaired) electrons. The number of amides is 1. The third-order valence-electron chi connectivity index (χ3n) is 5.59. The molecule has 0 unspecified atom stereocenters. The van der Waals surface area contributed by atoms with Gasteiger partial charge >= 0.3 is 12.1 Å². The number of esters is 1. The maximum atomic E-state index is 13.5. The Kier molecular flexibility index (Phi) is 7.75. The fourth-order valence-corrected chi connectivity index (χ4v) is 5.34. The fraction of sp³-hybridized carbons (Fsp3) is 0.333. The van der Waals surface area contributed by atoms with E-state index in [1.165, 1.54) is 30.3 Å². The van der Waals surface area contributed by atoms with Crippen molar-refractivity contribution in [1.82, 2.24) is 9.29 Å². The number of fused-ring (bicyclic) bond motifs is 1. The van der Waals surface area contributed by atoms with Gasteiger partial charge in [-0.3, -0.25) is 0 Å². The molecule has 1 N–H and O–H groups in total. The van der Waals surface area contributed by atoms with Crippen LogP contribution >= 0.6 is 0 Å². The number of methoxy groups -OCH3 is 2. The van der Waals surface area contributed by atoms with Gasteiger partial charge in [0.25, 0.3) is 10.0 Å². The molecule has 0 fully saturated rings. The zero-order chi connectivity index (χ0) is 24.0. The molecule has 0 aliphatic heterocycles. The van der Waals surface area contributed by atoms with Gasteiger partial charge in [0.1, 0.15) is 6.04 Å². The van der Waals surface area contributed by atoms with Gasteiger partial charge in [0, 0.05) is 17.5 Å². The summed E-state index contributed by atoms with van der Waals surface area (Å²) in [5, 5.41) is 3.25. The van der Waals surface area contributed by atoms with Gasteiger partial charge in [0.2, 0.25) is 0 Å². The largest absolute Gasteiger partial charge is 0.467 e. The second kappa shape index (κ2) is 10.5. The molecule has 1 amide bonds. The average Bonchev–Trinajstić information content (AvgIpc) is 3.23. The summed E-state index contributed by atoms with van der Waals surface area (Å²) < 4.78 is 37.8. The Morgan fingerprint density at radius 1 is 1.00 bits per heavy atom. The highest BCUT2D eigenvalue weighted by molar-refractivity contribution is 7.90. The van der Waals surface area contributed by atoms with E-state index in [2.05, 4.69) is 5.32 Å². The van der Waals surface area contributed by atoms with Crippen LogP contribution in [0.5, 0.6) is 0 Å². The average molecular weight is 473 g/mol. The fourth-order valence-electron chi connectivity index (χ4n) is 3.94. The van der Waals surface area contributed by atoms with E-state index < -0.39 is 34.0 Å². The molecule has 33 heavy (non-hydrogen) atoms. The molecule has 9 heteroatoms. The summed E-state index contributed by atoms with van der Waals surface area (Å²) in [5.74, 6) is -1.17. The number of nitrogens with one attached hydrogen (secondary N) is 1. The van der Waals surface area contributed by atoms with Crippen molar-refractivity contribution in [2.24, 2.45) is 0 Å². The molecule has 8 nitrogen and oxygen atoms in total. The van der Waals surface area contributed by atoms with Crippen LogP contribution in [0.15, 0.2) is 65.7 Å². The SMILES string of the molecule is CCCC[C@@H](c1cn(S(=O)(=O)c2ccccc2)c2ccccc12)[C@H](NC(=O)OC)C(=O)OC. The van der Waals surface area contributed by atoms with Gasteiger partial charge in [-0.05, 0) is 30.2 Å². The van der Waals surface area contributed by atoms with Crippen molar-refractivity contribution in [3.8, 4) is 0 Å². The van der Waals surface area contributed by atoms with E-state index in [9.17, 15) is 18.0 Å². The van der Waals surface area contributed by atoms with Crippen LogP contribution < -0.4 is 5.32 Å². The molecule has 3 rings (SSSR count). The van der Waals surface area contributed by atoms with Crippen molar-refractivity contribution < 1.29 is 27.5 Å². The third kappa shape index (κ3) is 5.03. The first-order valence-corrected chi connectivity index (χ1v) is 12.1. The molecule has 2 atom stereocenters. The molecule has 0 bridgehead atoms. The summed E-state index contributed by atoms with van der Waals surface area (Å²) >= 11 is 0. The van der Waals surface area contributed by atoms with Crippen LogP contribution in [0, 0.1) is 0 Å². The van der Waals surface area contributed by atoms with Crippen molar-refractivity contribution in [3.05, 3.63) is 66.4 Å². The van der Waals surface area contributed by atoms with E-state index in [1.807, 2.05) is 19.1 Å². The lowest BCUT2D eigenvalue weighted by atomic mass is 9.86. The highest BCUT2D eigenvalue weighted by Crippen LogP contribution is 2.35. The van der Waals surface area contributed by atoms with Crippen LogP contribution in [0.4, 0.5) is 4.79 Å². The number of benzene rings is 2. The van der Waals surface area contributed by atoms with Gasteiger partial charge < -0.3 is 14.8 Å². The Hall–Kier alpha value is -3.33. The molecular weight excluding hydrogens is 444 g/mol. The zero-order valence-electron chi connectivity index (χ0n) is 18.9. The number of aromatic nitrogens is 1. The first kappa shape index (κ1) is 24.3. The molecule has 1 heterocycles. The van der Waals surface area contributed by atoms with Crippen LogP contribution in [-0.4, -0.2) is 44.7 Å². The molecule has 0 aliphatic rings. The Labute approximate surface area is 193 Å². The molecule has 0 saturated heterocycles. The number of hydrogen-bond acceptors (Lipinski definition) is 6. The summed E-state index contributed by atoms with van der Waals surface area (Å²) in [6.45, 7) is 2.01. The van der Waals surface area contributed by atoms with Gasteiger partial charge in [-0.2, -0.15) is 0 Å². The maximum Gasteiger partial charge on any atom is 0.407 e. The van der Waals surface area contributed by atoms with E-state index >= 15 is 0 Å². The summed E-state index contributed by atoms with van der Waals surface area (Å²) in [7, 11) is -1.43. The Morgan fingerprint density at radius 3 is 2.30 bits per heavy atom. The highest BCUT2D eigenvalue weighted by Gasteiger charge is 2.35. The van der Waals surface area contributed by atoms with Crippen LogP contribution in [-0.2, 0) is 24.3 Å². The number of unbranched alkanes of at least 4 members (excludes halogenated alkanes) is 1. The molecule has 2 aromatic carbocycles. The third-order valence-corrected chi connectivity index (χ3v) is 7.28. The number of para-hydroxylation sites is 1. The molecular formula is C24H28N2O6S. The minimum absolute atomic E-state index is 0.152. The second-order valence-corrected chi connectivity index (χ2v) is 9.42. The van der Waals surface area contributed by atoms with E-state index in [0.717, 1.165) is 12.8 Å². The lowest BCUT2D eigenvalue weighted by Gasteiger charge is -2.25. The van der Waals surface area contributed by atoms with Gasteiger partial charge in [-0.25, -0.2) is 22.0 Å². The molecule has 0 spiro atoms. The number of ether oxygens (including phenoxy) is 2. The summed E-state index contributed by atoms with van der Waals surface area (Å²) in [5.41, 5.74) is 1.12. The number of alkyl carbamates (subject to hydrolysis) is 1. The number of carbonyl (C=O) groups excluding carboxylic acids is 2. The smallest absolute Gasteiger partial charge is 0.407 e. The number of nitrogens with zero attached hydrogens (tertiary/aromatic N) is 1. The zero-order valence-corrected chi connectivity index (χ0v) is 19.7. The van der Waals surface area contributed by atoms with Crippen LogP contribution in [0.2, 0.25) is 0 Å². The van der Waals surface area contributed by atoms with Crippen molar-refractivity contribution in [2.75, 3.05) is 14.2 Å². The Morgan fingerprint density at radius 2 is 1.67 bits per heavy atom. The maximum absolute atomic E-state index is 13.5.